The Bertz CT molecular complexity index is 400. The van der Waals surface area contributed by atoms with Gasteiger partial charge in [0.2, 0.25) is 0 Å². The molecule has 0 saturated carbocycles. The minimum absolute atomic E-state index is 0.0514. The summed E-state index contributed by atoms with van der Waals surface area (Å²) in [4.78, 5) is 12.0. The summed E-state index contributed by atoms with van der Waals surface area (Å²) in [6.45, 7) is 0.917. The molecule has 1 atom stereocenters. The van der Waals surface area contributed by atoms with E-state index in [1.54, 1.807) is 25.3 Å². The molecule has 3 nitrogen and oxygen atoms in total. The van der Waals surface area contributed by atoms with E-state index in [-0.39, 0.29) is 11.8 Å². The van der Waals surface area contributed by atoms with Crippen molar-refractivity contribution in [3.63, 3.8) is 0 Å². The molecule has 0 radical (unpaired) electrons. The van der Waals surface area contributed by atoms with Crippen LogP contribution < -0.4 is 10.1 Å². The highest BCUT2D eigenvalue weighted by Gasteiger charge is 2.23. The topological polar surface area (TPSA) is 38.3 Å². The van der Waals surface area contributed by atoms with Crippen molar-refractivity contribution >= 4 is 17.4 Å². The summed E-state index contributed by atoms with van der Waals surface area (Å²) in [5, 5.41) is 3.66. The third kappa shape index (κ3) is 2.20. The zero-order chi connectivity index (χ0) is 11.5. The minimum Gasteiger partial charge on any atom is -0.495 e. The van der Waals surface area contributed by atoms with E-state index in [0.717, 1.165) is 19.4 Å². The zero-order valence-corrected chi connectivity index (χ0v) is 9.88. The fourth-order valence-electron chi connectivity index (χ4n) is 1.93. The van der Waals surface area contributed by atoms with E-state index in [0.29, 0.717) is 16.3 Å². The quantitative estimate of drug-likeness (QED) is 0.823. The number of carbonyl (C=O) groups excluding carboxylic acids is 1. The third-order valence-electron chi connectivity index (χ3n) is 2.81. The van der Waals surface area contributed by atoms with Gasteiger partial charge in [0.15, 0.2) is 5.78 Å². The lowest BCUT2D eigenvalue weighted by Gasteiger charge is -2.10. The maximum absolute atomic E-state index is 12.0. The van der Waals surface area contributed by atoms with Gasteiger partial charge >= 0.3 is 0 Å². The number of nitrogens with one attached hydrogen (secondary N) is 1. The SMILES string of the molecule is COc1ccc(C(=O)C2CCCN2)cc1Cl. The highest BCUT2D eigenvalue weighted by atomic mass is 35.5. The molecule has 0 aliphatic carbocycles. The number of halogens is 1. The normalized spacial score (nSPS) is 19.8. The summed E-state index contributed by atoms with van der Waals surface area (Å²) >= 11 is 5.98. The molecule has 1 aliphatic heterocycles. The second kappa shape index (κ2) is 4.85. The van der Waals surface area contributed by atoms with Crippen LogP contribution in [0.5, 0.6) is 5.75 Å². The highest BCUT2D eigenvalue weighted by Crippen LogP contribution is 2.26. The average molecular weight is 240 g/mol. The summed E-state index contributed by atoms with van der Waals surface area (Å²) in [6, 6.07) is 5.10. The Balaban J connectivity index is 2.20. The molecule has 0 aromatic heterocycles. The van der Waals surface area contributed by atoms with Crippen LogP contribution in [0.15, 0.2) is 18.2 Å². The molecule has 1 unspecified atom stereocenters. The maximum Gasteiger partial charge on any atom is 0.179 e. The molecule has 0 spiro atoms. The molecule has 1 fully saturated rings. The van der Waals surface area contributed by atoms with Crippen LogP contribution in [-0.2, 0) is 0 Å². The van der Waals surface area contributed by atoms with Gasteiger partial charge in [0, 0.05) is 5.56 Å². The molecule has 2 rings (SSSR count). The Morgan fingerprint density at radius 3 is 2.94 bits per heavy atom. The van der Waals surface area contributed by atoms with Crippen LogP contribution >= 0.6 is 11.6 Å². The van der Waals surface area contributed by atoms with Crippen molar-refractivity contribution in [3.05, 3.63) is 28.8 Å². The lowest BCUT2D eigenvalue weighted by molar-refractivity contribution is 0.0952. The molecule has 1 aromatic rings. The van der Waals surface area contributed by atoms with E-state index in [4.69, 9.17) is 16.3 Å². The first-order chi connectivity index (χ1) is 7.72. The minimum atomic E-state index is -0.0514. The van der Waals surface area contributed by atoms with E-state index in [1.807, 2.05) is 0 Å². The van der Waals surface area contributed by atoms with E-state index in [9.17, 15) is 4.79 Å². The number of hydrogen-bond acceptors (Lipinski definition) is 3. The Labute approximate surface area is 99.7 Å². The fraction of sp³-hybridized carbons (Fsp3) is 0.417. The predicted octanol–water partition coefficient (Wildman–Crippen LogP) is 2.28. The van der Waals surface area contributed by atoms with Crippen molar-refractivity contribution in [2.24, 2.45) is 0 Å². The van der Waals surface area contributed by atoms with Crippen molar-refractivity contribution in [2.75, 3.05) is 13.7 Å². The number of Topliss-reactive ketones (excluding diaryl/α,β-unsaturated/α-hetero) is 1. The average Bonchev–Trinajstić information content (AvgIpc) is 2.81. The molecule has 1 aromatic carbocycles. The summed E-state index contributed by atoms with van der Waals surface area (Å²) in [7, 11) is 1.56. The van der Waals surface area contributed by atoms with Gasteiger partial charge in [-0.1, -0.05) is 11.6 Å². The fourth-order valence-corrected chi connectivity index (χ4v) is 2.19. The van der Waals surface area contributed by atoms with E-state index in [2.05, 4.69) is 5.32 Å². The second-order valence-electron chi connectivity index (χ2n) is 3.86. The summed E-state index contributed by atoms with van der Waals surface area (Å²) in [5.41, 5.74) is 0.644. The lowest BCUT2D eigenvalue weighted by Crippen LogP contribution is -2.30. The van der Waals surface area contributed by atoms with Crippen molar-refractivity contribution in [2.45, 2.75) is 18.9 Å². The van der Waals surface area contributed by atoms with Crippen LogP contribution in [0.4, 0.5) is 0 Å². The van der Waals surface area contributed by atoms with Crippen LogP contribution in [0, 0.1) is 0 Å². The monoisotopic (exact) mass is 239 g/mol. The van der Waals surface area contributed by atoms with Crippen molar-refractivity contribution in [3.8, 4) is 5.75 Å². The van der Waals surface area contributed by atoms with Gasteiger partial charge in [-0.05, 0) is 37.6 Å². The van der Waals surface area contributed by atoms with E-state index in [1.165, 1.54) is 0 Å². The van der Waals surface area contributed by atoms with Gasteiger partial charge in [-0.2, -0.15) is 0 Å². The van der Waals surface area contributed by atoms with Crippen molar-refractivity contribution < 1.29 is 9.53 Å². The molecular weight excluding hydrogens is 226 g/mol. The Morgan fingerprint density at radius 2 is 2.38 bits per heavy atom. The standard InChI is InChI=1S/C12H14ClNO2/c1-16-11-5-4-8(7-9(11)13)12(15)10-3-2-6-14-10/h4-5,7,10,14H,2-3,6H2,1H3. The van der Waals surface area contributed by atoms with Crippen LogP contribution in [0.25, 0.3) is 0 Å². The van der Waals surface area contributed by atoms with Gasteiger partial charge in [-0.15, -0.1) is 0 Å². The Hall–Kier alpha value is -1.06. The maximum atomic E-state index is 12.0. The molecule has 0 bridgehead atoms. The first kappa shape index (κ1) is 11.4. The molecule has 4 heteroatoms. The molecule has 1 N–H and O–H groups in total. The first-order valence-electron chi connectivity index (χ1n) is 5.33. The molecule has 16 heavy (non-hydrogen) atoms. The number of carbonyl (C=O) groups is 1. The van der Waals surface area contributed by atoms with Gasteiger partial charge in [0.25, 0.3) is 0 Å². The smallest absolute Gasteiger partial charge is 0.179 e. The van der Waals surface area contributed by atoms with Gasteiger partial charge < -0.3 is 10.1 Å². The number of benzene rings is 1. The number of ether oxygens (including phenoxy) is 1. The van der Waals surface area contributed by atoms with Crippen LogP contribution in [-0.4, -0.2) is 25.5 Å². The summed E-state index contributed by atoms with van der Waals surface area (Å²) < 4.78 is 5.05. The Morgan fingerprint density at radius 1 is 1.56 bits per heavy atom. The predicted molar refractivity (Wildman–Crippen MR) is 63.4 cm³/mol. The van der Waals surface area contributed by atoms with E-state index >= 15 is 0 Å². The number of rotatable bonds is 3. The van der Waals surface area contributed by atoms with E-state index < -0.39 is 0 Å². The van der Waals surface area contributed by atoms with Gasteiger partial charge in [0.05, 0.1) is 18.2 Å². The highest BCUT2D eigenvalue weighted by molar-refractivity contribution is 6.32. The van der Waals surface area contributed by atoms with Gasteiger partial charge in [-0.3, -0.25) is 4.79 Å². The third-order valence-corrected chi connectivity index (χ3v) is 3.11. The number of hydrogen-bond donors (Lipinski definition) is 1. The molecule has 1 saturated heterocycles. The van der Waals surface area contributed by atoms with Crippen molar-refractivity contribution in [1.82, 2.24) is 5.32 Å². The van der Waals surface area contributed by atoms with Crippen molar-refractivity contribution in [1.29, 1.82) is 0 Å². The first-order valence-corrected chi connectivity index (χ1v) is 5.71. The second-order valence-corrected chi connectivity index (χ2v) is 4.27. The molecule has 1 aliphatic rings. The molecule has 86 valence electrons. The molecular formula is C12H14ClNO2. The number of ketones is 1. The van der Waals surface area contributed by atoms with Gasteiger partial charge in [-0.25, -0.2) is 0 Å². The zero-order valence-electron chi connectivity index (χ0n) is 9.13. The lowest BCUT2D eigenvalue weighted by atomic mass is 10.0. The van der Waals surface area contributed by atoms with Crippen LogP contribution in [0.1, 0.15) is 23.2 Å². The largest absolute Gasteiger partial charge is 0.495 e. The van der Waals surface area contributed by atoms with Crippen LogP contribution in [0.3, 0.4) is 0 Å². The van der Waals surface area contributed by atoms with Gasteiger partial charge in [0.1, 0.15) is 5.75 Å². The van der Waals surface area contributed by atoms with Crippen LogP contribution in [0.2, 0.25) is 5.02 Å². The molecule has 1 heterocycles. The summed E-state index contributed by atoms with van der Waals surface area (Å²) in [5.74, 6) is 0.708. The molecule has 0 amide bonds. The Kier molecular flexibility index (Phi) is 3.46. The summed E-state index contributed by atoms with van der Waals surface area (Å²) in [6.07, 6.45) is 1.96. The number of methoxy groups -OCH3 is 1.